The second-order valence-corrected chi connectivity index (χ2v) is 17.2. The molecule has 0 saturated heterocycles. The van der Waals surface area contributed by atoms with E-state index in [-0.39, 0.29) is 19.1 Å². The molecule has 8 nitrogen and oxygen atoms in total. The molecule has 0 spiro atoms. The Morgan fingerprint density at radius 3 is 1.57 bits per heavy atom. The highest BCUT2D eigenvalue weighted by molar-refractivity contribution is 7.47. The topological polar surface area (TPSA) is 105 Å². The van der Waals surface area contributed by atoms with Crippen LogP contribution in [0.25, 0.3) is 0 Å². The van der Waals surface area contributed by atoms with E-state index in [9.17, 15) is 19.4 Å². The van der Waals surface area contributed by atoms with Gasteiger partial charge in [0.15, 0.2) is 0 Å². The Hall–Kier alpha value is -1.02. The van der Waals surface area contributed by atoms with E-state index in [2.05, 4.69) is 31.3 Å². The molecule has 0 aliphatic rings. The van der Waals surface area contributed by atoms with Crippen LogP contribution in [0, 0.1) is 0 Å². The molecular formula is C42H84N2O6P+. The molecule has 0 bridgehead atoms. The predicted molar refractivity (Wildman–Crippen MR) is 217 cm³/mol. The van der Waals surface area contributed by atoms with E-state index in [1.165, 1.54) is 128 Å². The third-order valence-corrected chi connectivity index (χ3v) is 10.4. The molecule has 0 aliphatic carbocycles. The van der Waals surface area contributed by atoms with E-state index in [0.29, 0.717) is 17.4 Å². The zero-order valence-corrected chi connectivity index (χ0v) is 35.0. The third kappa shape index (κ3) is 37.1. The number of carbonyl (C=O) groups is 1. The van der Waals surface area contributed by atoms with Gasteiger partial charge in [0.25, 0.3) is 0 Å². The fourth-order valence-corrected chi connectivity index (χ4v) is 6.73. The number of carbonyl (C=O) groups excluding carboxylic acids is 1. The lowest BCUT2D eigenvalue weighted by Crippen LogP contribution is -2.45. The quantitative estimate of drug-likeness (QED) is 0.0252. The van der Waals surface area contributed by atoms with Gasteiger partial charge in [0.2, 0.25) is 5.91 Å². The van der Waals surface area contributed by atoms with Gasteiger partial charge in [0, 0.05) is 6.42 Å². The van der Waals surface area contributed by atoms with E-state index < -0.39 is 20.0 Å². The van der Waals surface area contributed by atoms with Gasteiger partial charge in [0.1, 0.15) is 13.2 Å². The number of likely N-dealkylation sites (N-methyl/N-ethyl adjacent to an activating group) is 1. The summed E-state index contributed by atoms with van der Waals surface area (Å²) in [5.74, 6) is -0.188. The van der Waals surface area contributed by atoms with Crippen LogP contribution < -0.4 is 5.32 Å². The van der Waals surface area contributed by atoms with Crippen LogP contribution >= 0.6 is 7.82 Å². The molecule has 0 radical (unpaired) electrons. The summed E-state index contributed by atoms with van der Waals surface area (Å²) in [4.78, 5) is 23.0. The zero-order chi connectivity index (χ0) is 37.9. The molecule has 9 heteroatoms. The number of phosphoric ester groups is 1. The molecular weight excluding hydrogens is 659 g/mol. The van der Waals surface area contributed by atoms with Crippen molar-refractivity contribution in [3.63, 3.8) is 0 Å². The number of phosphoric acid groups is 1. The summed E-state index contributed by atoms with van der Waals surface area (Å²) in [5, 5.41) is 13.7. The van der Waals surface area contributed by atoms with Crippen LogP contribution in [0.2, 0.25) is 0 Å². The largest absolute Gasteiger partial charge is 0.472 e. The maximum Gasteiger partial charge on any atom is 0.472 e. The Kier molecular flexibility index (Phi) is 34.0. The minimum absolute atomic E-state index is 0.0577. The van der Waals surface area contributed by atoms with Gasteiger partial charge in [-0.25, -0.2) is 4.57 Å². The molecule has 0 rings (SSSR count). The average molecular weight is 744 g/mol. The number of nitrogens with zero attached hydrogens (tertiary/aromatic N) is 1. The molecule has 0 saturated carbocycles. The summed E-state index contributed by atoms with van der Waals surface area (Å²) in [5.41, 5.74) is 0. The highest BCUT2D eigenvalue weighted by atomic mass is 31.2. The number of quaternary nitrogens is 1. The molecule has 0 heterocycles. The van der Waals surface area contributed by atoms with E-state index in [1.807, 2.05) is 27.2 Å². The monoisotopic (exact) mass is 744 g/mol. The Morgan fingerprint density at radius 1 is 0.647 bits per heavy atom. The molecule has 0 fully saturated rings. The van der Waals surface area contributed by atoms with Gasteiger partial charge in [-0.1, -0.05) is 173 Å². The van der Waals surface area contributed by atoms with Crippen molar-refractivity contribution >= 4 is 13.7 Å². The molecule has 51 heavy (non-hydrogen) atoms. The fourth-order valence-electron chi connectivity index (χ4n) is 6.00. The van der Waals surface area contributed by atoms with Crippen molar-refractivity contribution in [1.29, 1.82) is 0 Å². The lowest BCUT2D eigenvalue weighted by Gasteiger charge is -2.25. The average Bonchev–Trinajstić information content (AvgIpc) is 3.07. The standard InChI is InChI=1S/C42H83N2O6P/c1-6-8-10-12-14-16-17-18-19-20-21-22-23-24-25-26-28-30-32-34-36-42(46)43-40(39-50-51(47,48)49-38-37-44(3,4)5)41(45)35-33-31-29-27-15-13-11-9-7-2/h15,27,33,35,40-41,45H,6-14,16-26,28-32,34,36-39H2,1-5H3,(H-,43,46,47,48)/p+1/b27-15+,35-33+. The van der Waals surface area contributed by atoms with Crippen LogP contribution in [-0.4, -0.2) is 73.4 Å². The summed E-state index contributed by atoms with van der Waals surface area (Å²) < 4.78 is 23.4. The molecule has 3 unspecified atom stereocenters. The van der Waals surface area contributed by atoms with Crippen LogP contribution in [0.1, 0.15) is 187 Å². The van der Waals surface area contributed by atoms with Crippen LogP contribution in [0.3, 0.4) is 0 Å². The number of aliphatic hydroxyl groups is 1. The normalized spacial score (nSPS) is 14.7. The van der Waals surface area contributed by atoms with E-state index >= 15 is 0 Å². The van der Waals surface area contributed by atoms with E-state index in [4.69, 9.17) is 9.05 Å². The number of unbranched alkanes of at least 4 members (excludes halogenated alkanes) is 23. The maximum atomic E-state index is 12.8. The highest BCUT2D eigenvalue weighted by Crippen LogP contribution is 2.43. The number of hydrogen-bond donors (Lipinski definition) is 3. The maximum absolute atomic E-state index is 12.8. The number of hydrogen-bond acceptors (Lipinski definition) is 5. The fraction of sp³-hybridized carbons (Fsp3) is 0.881. The zero-order valence-electron chi connectivity index (χ0n) is 34.1. The van der Waals surface area contributed by atoms with E-state index in [1.54, 1.807) is 6.08 Å². The van der Waals surface area contributed by atoms with Crippen LogP contribution in [0.15, 0.2) is 24.3 Å². The van der Waals surface area contributed by atoms with Crippen molar-refractivity contribution < 1.29 is 32.9 Å². The number of aliphatic hydroxyl groups excluding tert-OH is 1. The molecule has 302 valence electrons. The summed E-state index contributed by atoms with van der Waals surface area (Å²) in [6.45, 7) is 4.74. The molecule has 0 aromatic rings. The first-order chi connectivity index (χ1) is 24.5. The SMILES string of the molecule is CCCCC/C=C/CC/C=C/C(O)C(COP(=O)(O)OCC[N+](C)(C)C)NC(=O)CCCCCCCCCCCCCCCCCCCCCC. The second kappa shape index (κ2) is 34.7. The van der Waals surface area contributed by atoms with Crippen LogP contribution in [0.4, 0.5) is 0 Å². The van der Waals surface area contributed by atoms with Gasteiger partial charge in [-0.15, -0.1) is 0 Å². The number of amides is 1. The van der Waals surface area contributed by atoms with Crippen molar-refractivity contribution in [3.8, 4) is 0 Å². The summed E-state index contributed by atoms with van der Waals surface area (Å²) in [6, 6.07) is -0.856. The first-order valence-corrected chi connectivity index (χ1v) is 22.7. The van der Waals surface area contributed by atoms with Crippen molar-refractivity contribution in [2.45, 2.75) is 199 Å². The van der Waals surface area contributed by atoms with Crippen molar-refractivity contribution in [3.05, 3.63) is 24.3 Å². The smallest absolute Gasteiger partial charge is 0.387 e. The summed E-state index contributed by atoms with van der Waals surface area (Å²) >= 11 is 0. The molecule has 3 N–H and O–H groups in total. The first-order valence-electron chi connectivity index (χ1n) is 21.2. The van der Waals surface area contributed by atoms with Gasteiger partial charge in [-0.3, -0.25) is 13.8 Å². The summed E-state index contributed by atoms with van der Waals surface area (Å²) in [6.07, 6.45) is 39.8. The van der Waals surface area contributed by atoms with Gasteiger partial charge in [-0.05, 0) is 32.1 Å². The molecule has 1 amide bonds. The molecule has 0 aromatic heterocycles. The van der Waals surface area contributed by atoms with Gasteiger partial charge < -0.3 is 19.8 Å². The molecule has 0 aliphatic heterocycles. The number of nitrogens with one attached hydrogen (secondary N) is 1. The first kappa shape index (κ1) is 50.0. The Labute approximate surface area is 315 Å². The highest BCUT2D eigenvalue weighted by Gasteiger charge is 2.27. The Balaban J connectivity index is 4.28. The van der Waals surface area contributed by atoms with Crippen molar-refractivity contribution in [2.75, 3.05) is 40.9 Å². The predicted octanol–water partition coefficient (Wildman–Crippen LogP) is 11.4. The Bertz CT molecular complexity index is 891. The molecule has 3 atom stereocenters. The molecule has 0 aromatic carbocycles. The number of rotatable bonds is 38. The minimum atomic E-state index is -4.33. The number of allylic oxidation sites excluding steroid dienone is 3. The summed E-state index contributed by atoms with van der Waals surface area (Å²) in [7, 11) is 1.56. The third-order valence-electron chi connectivity index (χ3n) is 9.42. The minimum Gasteiger partial charge on any atom is -0.387 e. The van der Waals surface area contributed by atoms with E-state index in [0.717, 1.165) is 38.5 Å². The van der Waals surface area contributed by atoms with Gasteiger partial charge in [-0.2, -0.15) is 0 Å². The van der Waals surface area contributed by atoms with Gasteiger partial charge >= 0.3 is 7.82 Å². The van der Waals surface area contributed by atoms with Crippen LogP contribution in [-0.2, 0) is 18.4 Å². The van der Waals surface area contributed by atoms with Crippen LogP contribution in [0.5, 0.6) is 0 Å². The lowest BCUT2D eigenvalue weighted by molar-refractivity contribution is -0.870. The van der Waals surface area contributed by atoms with Crippen molar-refractivity contribution in [1.82, 2.24) is 5.32 Å². The van der Waals surface area contributed by atoms with Crippen molar-refractivity contribution in [2.24, 2.45) is 0 Å². The Morgan fingerprint density at radius 2 is 1.08 bits per heavy atom. The van der Waals surface area contributed by atoms with Gasteiger partial charge in [0.05, 0.1) is 39.9 Å². The second-order valence-electron chi connectivity index (χ2n) is 15.7. The lowest BCUT2D eigenvalue weighted by atomic mass is 10.0.